The first-order valence-corrected chi connectivity index (χ1v) is 10.4. The van der Waals surface area contributed by atoms with Crippen LogP contribution in [-0.4, -0.2) is 46.7 Å². The lowest BCUT2D eigenvalue weighted by Crippen LogP contribution is -2.36. The molecular weight excluding hydrogens is 429 g/mol. The summed E-state index contributed by atoms with van der Waals surface area (Å²) in [6.07, 6.45) is 0.101. The maximum Gasteiger partial charge on any atom is 0.410 e. The zero-order valence-corrected chi connectivity index (χ0v) is 18.9. The summed E-state index contributed by atoms with van der Waals surface area (Å²) >= 11 is 12.2. The smallest absolute Gasteiger partial charge is 0.410 e. The third kappa shape index (κ3) is 5.21. The van der Waals surface area contributed by atoms with Gasteiger partial charge in [0.15, 0.2) is 0 Å². The molecule has 1 aromatic heterocycles. The summed E-state index contributed by atoms with van der Waals surface area (Å²) in [4.78, 5) is 29.4. The Morgan fingerprint density at radius 2 is 1.90 bits per heavy atom. The zero-order chi connectivity index (χ0) is 22.1. The number of hydrogen-bond donors (Lipinski definition) is 2. The minimum atomic E-state index is -0.548. The molecule has 2 heterocycles. The van der Waals surface area contributed by atoms with Gasteiger partial charge in [0.2, 0.25) is 0 Å². The number of rotatable bonds is 4. The van der Waals surface area contributed by atoms with E-state index in [4.69, 9.17) is 32.7 Å². The second-order valence-electron chi connectivity index (χ2n) is 8.16. The van der Waals surface area contributed by atoms with Gasteiger partial charge in [-0.2, -0.15) is 0 Å². The Balaban J connectivity index is 1.67. The number of halogens is 2. The number of nitrogens with one attached hydrogen (secondary N) is 2. The van der Waals surface area contributed by atoms with Gasteiger partial charge in [-0.15, -0.1) is 0 Å². The second-order valence-corrected chi connectivity index (χ2v) is 8.91. The highest BCUT2D eigenvalue weighted by molar-refractivity contribution is 6.44. The van der Waals surface area contributed by atoms with Gasteiger partial charge in [0.05, 0.1) is 22.3 Å². The average molecular weight is 454 g/mol. The lowest BCUT2D eigenvalue weighted by Gasteiger charge is -2.24. The van der Waals surface area contributed by atoms with Gasteiger partial charge in [0, 0.05) is 18.7 Å². The maximum atomic E-state index is 12.7. The molecule has 1 atom stereocenters. The number of ether oxygens (including phenoxy) is 2. The molecule has 1 saturated heterocycles. The predicted molar refractivity (Wildman–Crippen MR) is 117 cm³/mol. The third-order valence-electron chi connectivity index (χ3n) is 4.51. The molecule has 1 unspecified atom stereocenters. The highest BCUT2D eigenvalue weighted by Gasteiger charge is 2.31. The molecule has 7 nitrogen and oxygen atoms in total. The Morgan fingerprint density at radius 3 is 2.53 bits per heavy atom. The van der Waals surface area contributed by atoms with Gasteiger partial charge < -0.3 is 24.7 Å². The zero-order valence-electron chi connectivity index (χ0n) is 17.3. The minimum Gasteiger partial charge on any atom is -0.486 e. The van der Waals surface area contributed by atoms with Crippen LogP contribution in [0.3, 0.4) is 0 Å². The molecule has 0 radical (unpaired) electrons. The lowest BCUT2D eigenvalue weighted by atomic mass is 10.2. The Kier molecular flexibility index (Phi) is 6.53. The van der Waals surface area contributed by atoms with Gasteiger partial charge in [-0.25, -0.2) is 4.79 Å². The summed E-state index contributed by atoms with van der Waals surface area (Å²) in [7, 11) is 0. The van der Waals surface area contributed by atoms with E-state index in [-0.39, 0.29) is 22.9 Å². The molecule has 1 aromatic carbocycles. The van der Waals surface area contributed by atoms with Crippen LogP contribution in [0.1, 0.15) is 43.4 Å². The fourth-order valence-electron chi connectivity index (χ4n) is 3.08. The summed E-state index contributed by atoms with van der Waals surface area (Å²) in [5, 5.41) is 3.30. The van der Waals surface area contributed by atoms with Crippen molar-refractivity contribution in [2.75, 3.05) is 18.4 Å². The van der Waals surface area contributed by atoms with Crippen LogP contribution < -0.4 is 10.1 Å². The molecule has 0 bridgehead atoms. The van der Waals surface area contributed by atoms with Crippen LogP contribution in [0.2, 0.25) is 10.0 Å². The number of para-hydroxylation sites is 2. The molecule has 2 N–H and O–H groups in total. The van der Waals surface area contributed by atoms with Gasteiger partial charge >= 0.3 is 6.09 Å². The molecule has 2 aromatic rings. The van der Waals surface area contributed by atoms with E-state index in [0.717, 1.165) is 0 Å². The number of aryl methyl sites for hydroxylation is 1. The van der Waals surface area contributed by atoms with E-state index in [2.05, 4.69) is 10.3 Å². The van der Waals surface area contributed by atoms with Crippen LogP contribution in [-0.2, 0) is 4.74 Å². The van der Waals surface area contributed by atoms with Crippen molar-refractivity contribution >= 4 is 40.9 Å². The molecule has 30 heavy (non-hydrogen) atoms. The Labute approximate surface area is 185 Å². The summed E-state index contributed by atoms with van der Waals surface area (Å²) in [5.41, 5.74) is 0.751. The number of carbonyl (C=O) groups excluding carboxylic acids is 2. The van der Waals surface area contributed by atoms with Gasteiger partial charge in [-0.1, -0.05) is 35.3 Å². The van der Waals surface area contributed by atoms with E-state index in [1.165, 1.54) is 0 Å². The van der Waals surface area contributed by atoms with Gasteiger partial charge in [0.1, 0.15) is 23.1 Å². The fraction of sp³-hybridized carbons (Fsp3) is 0.429. The number of H-pyrrole nitrogens is 1. The molecule has 2 amide bonds. The van der Waals surface area contributed by atoms with E-state index < -0.39 is 11.5 Å². The quantitative estimate of drug-likeness (QED) is 0.659. The fourth-order valence-corrected chi connectivity index (χ4v) is 3.50. The molecule has 9 heteroatoms. The van der Waals surface area contributed by atoms with E-state index >= 15 is 0 Å². The lowest BCUT2D eigenvalue weighted by molar-refractivity contribution is 0.0276. The normalized spacial score (nSPS) is 16.5. The average Bonchev–Trinajstić information content (AvgIpc) is 3.22. The number of benzene rings is 1. The minimum absolute atomic E-state index is 0.175. The SMILES string of the molecule is Cc1[nH]c(C(=O)Nc2ccccc2OC2CCN(C(=O)OC(C)(C)C)C2)c(Cl)c1Cl. The monoisotopic (exact) mass is 453 g/mol. The Morgan fingerprint density at radius 1 is 1.20 bits per heavy atom. The highest BCUT2D eigenvalue weighted by Crippen LogP contribution is 2.32. The molecule has 1 aliphatic heterocycles. The summed E-state index contributed by atoms with van der Waals surface area (Å²) in [6, 6.07) is 7.10. The topological polar surface area (TPSA) is 83.7 Å². The third-order valence-corrected chi connectivity index (χ3v) is 5.45. The molecule has 162 valence electrons. The van der Waals surface area contributed by atoms with Crippen LogP contribution in [0.4, 0.5) is 10.5 Å². The molecule has 3 rings (SSSR count). The molecule has 0 saturated carbocycles. The van der Waals surface area contributed by atoms with E-state index in [9.17, 15) is 9.59 Å². The van der Waals surface area contributed by atoms with Crippen molar-refractivity contribution in [1.29, 1.82) is 0 Å². The number of carbonyl (C=O) groups is 2. The first kappa shape index (κ1) is 22.3. The van der Waals surface area contributed by atoms with Crippen LogP contribution in [0.15, 0.2) is 24.3 Å². The number of amides is 2. The number of aromatic nitrogens is 1. The highest BCUT2D eigenvalue weighted by atomic mass is 35.5. The first-order valence-electron chi connectivity index (χ1n) is 9.63. The molecule has 0 aliphatic carbocycles. The van der Waals surface area contributed by atoms with E-state index in [1.807, 2.05) is 26.8 Å². The Bertz CT molecular complexity index is 952. The molecule has 0 spiro atoms. The largest absolute Gasteiger partial charge is 0.486 e. The van der Waals surface area contributed by atoms with Crippen molar-refractivity contribution in [3.63, 3.8) is 0 Å². The van der Waals surface area contributed by atoms with Crippen LogP contribution in [0.5, 0.6) is 5.75 Å². The van der Waals surface area contributed by atoms with Crippen molar-refractivity contribution in [1.82, 2.24) is 9.88 Å². The number of nitrogens with zero attached hydrogens (tertiary/aromatic N) is 1. The van der Waals surface area contributed by atoms with Crippen molar-refractivity contribution in [2.45, 2.75) is 45.8 Å². The summed E-state index contributed by atoms with van der Waals surface area (Å²) < 4.78 is 11.5. The van der Waals surface area contributed by atoms with Crippen molar-refractivity contribution in [3.05, 3.63) is 45.7 Å². The number of hydrogen-bond acceptors (Lipinski definition) is 4. The Hall–Kier alpha value is -2.38. The van der Waals surface area contributed by atoms with E-state index in [0.29, 0.717) is 41.7 Å². The predicted octanol–water partition coefficient (Wildman–Crippen LogP) is 5.27. The molecular formula is C21H25Cl2N3O4. The number of aromatic amines is 1. The summed E-state index contributed by atoms with van der Waals surface area (Å²) in [6.45, 7) is 8.19. The summed E-state index contributed by atoms with van der Waals surface area (Å²) in [5.74, 6) is 0.0836. The molecule has 1 aliphatic rings. The van der Waals surface area contributed by atoms with Gasteiger partial charge in [-0.3, -0.25) is 4.79 Å². The maximum absolute atomic E-state index is 12.7. The number of anilines is 1. The van der Waals surface area contributed by atoms with Crippen LogP contribution in [0.25, 0.3) is 0 Å². The van der Waals surface area contributed by atoms with Gasteiger partial charge in [0.25, 0.3) is 5.91 Å². The van der Waals surface area contributed by atoms with Crippen LogP contribution >= 0.6 is 23.2 Å². The number of likely N-dealkylation sites (tertiary alicyclic amines) is 1. The standard InChI is InChI=1S/C21H25Cl2N3O4/c1-12-16(22)17(23)18(24-12)19(27)25-14-7-5-6-8-15(14)29-13-9-10-26(11-13)20(28)30-21(2,3)4/h5-8,13,24H,9-11H2,1-4H3,(H,25,27). The van der Waals surface area contributed by atoms with Crippen LogP contribution in [0, 0.1) is 6.92 Å². The molecule has 1 fully saturated rings. The van der Waals surface area contributed by atoms with Crippen molar-refractivity contribution in [2.24, 2.45) is 0 Å². The first-order chi connectivity index (χ1) is 14.0. The van der Waals surface area contributed by atoms with E-state index in [1.54, 1.807) is 30.0 Å². The van der Waals surface area contributed by atoms with Crippen molar-refractivity contribution < 1.29 is 19.1 Å². The second kappa shape index (κ2) is 8.78. The van der Waals surface area contributed by atoms with Gasteiger partial charge in [-0.05, 0) is 39.8 Å². The van der Waals surface area contributed by atoms with Crippen molar-refractivity contribution in [3.8, 4) is 5.75 Å².